The SMILES string of the molecule is Cc1ccccc1C(=O)N(CCCN(C)C)C(C(=O)O)c1nc2cc(Cl)ccc2c(=O)n1Cc1ccccc1. The normalized spacial score (nSPS) is 12.0. The standard InChI is InChI=1S/C30H31ClN4O4/c1-20-10-7-8-13-23(20)28(36)34(17-9-16-33(2)3)26(30(38)39)27-32-25-18-22(31)14-15-24(25)29(37)35(27)19-21-11-5-4-6-12-21/h4-8,10-15,18,26H,9,16-17,19H2,1-3H3,(H,38,39). The van der Waals surface area contributed by atoms with Gasteiger partial charge in [-0.1, -0.05) is 60.1 Å². The highest BCUT2D eigenvalue weighted by atomic mass is 35.5. The monoisotopic (exact) mass is 546 g/mol. The minimum atomic E-state index is -1.51. The highest BCUT2D eigenvalue weighted by Gasteiger charge is 2.36. The topological polar surface area (TPSA) is 95.7 Å². The van der Waals surface area contributed by atoms with Crippen LogP contribution >= 0.6 is 11.6 Å². The number of fused-ring (bicyclic) bond motifs is 1. The Morgan fingerprint density at radius 3 is 2.36 bits per heavy atom. The zero-order valence-corrected chi connectivity index (χ0v) is 22.9. The molecule has 0 saturated carbocycles. The number of carbonyl (C=O) groups excluding carboxylic acids is 1. The molecule has 9 heteroatoms. The van der Waals surface area contributed by atoms with Crippen LogP contribution in [0.1, 0.15) is 39.8 Å². The van der Waals surface area contributed by atoms with Crippen molar-refractivity contribution in [2.75, 3.05) is 27.2 Å². The minimum absolute atomic E-state index is 0.0297. The van der Waals surface area contributed by atoms with Gasteiger partial charge in [-0.3, -0.25) is 14.2 Å². The van der Waals surface area contributed by atoms with E-state index in [2.05, 4.69) is 4.98 Å². The lowest BCUT2D eigenvalue weighted by atomic mass is 10.1. The van der Waals surface area contributed by atoms with Gasteiger partial charge in [0, 0.05) is 17.1 Å². The summed E-state index contributed by atoms with van der Waals surface area (Å²) in [4.78, 5) is 48.7. The number of carbonyl (C=O) groups is 2. The molecule has 0 aliphatic rings. The summed E-state index contributed by atoms with van der Waals surface area (Å²) in [7, 11) is 3.82. The second kappa shape index (κ2) is 12.2. The van der Waals surface area contributed by atoms with Gasteiger partial charge >= 0.3 is 5.97 Å². The summed E-state index contributed by atoms with van der Waals surface area (Å²) in [6.07, 6.45) is 0.525. The summed E-state index contributed by atoms with van der Waals surface area (Å²) in [6.45, 7) is 2.69. The molecule has 39 heavy (non-hydrogen) atoms. The molecular formula is C30H31ClN4O4. The predicted octanol–water partition coefficient (Wildman–Crippen LogP) is 4.63. The van der Waals surface area contributed by atoms with Crippen LogP contribution in [0.2, 0.25) is 5.02 Å². The molecule has 202 valence electrons. The Labute approximate surface area is 232 Å². The van der Waals surface area contributed by atoms with Crippen LogP contribution in [0.5, 0.6) is 0 Å². The number of halogens is 1. The summed E-state index contributed by atoms with van der Waals surface area (Å²) in [5.74, 6) is -1.75. The van der Waals surface area contributed by atoms with Gasteiger partial charge in [0.05, 0.1) is 17.4 Å². The van der Waals surface area contributed by atoms with Crippen LogP contribution < -0.4 is 5.56 Å². The van der Waals surface area contributed by atoms with Crippen molar-refractivity contribution in [1.82, 2.24) is 19.4 Å². The zero-order valence-electron chi connectivity index (χ0n) is 22.2. The highest BCUT2D eigenvalue weighted by molar-refractivity contribution is 6.31. The summed E-state index contributed by atoms with van der Waals surface area (Å²) in [5.41, 5.74) is 1.79. The van der Waals surface area contributed by atoms with Crippen LogP contribution in [-0.4, -0.2) is 63.5 Å². The molecule has 0 saturated heterocycles. The van der Waals surface area contributed by atoms with E-state index in [1.54, 1.807) is 24.3 Å². The molecule has 0 spiro atoms. The molecule has 1 atom stereocenters. The molecule has 1 amide bonds. The first-order valence-electron chi connectivity index (χ1n) is 12.7. The van der Waals surface area contributed by atoms with Crippen LogP contribution in [0.3, 0.4) is 0 Å². The molecular weight excluding hydrogens is 516 g/mol. The Kier molecular flexibility index (Phi) is 8.79. The van der Waals surface area contributed by atoms with Crippen molar-refractivity contribution in [2.24, 2.45) is 0 Å². The van der Waals surface area contributed by atoms with Crippen molar-refractivity contribution in [3.05, 3.63) is 111 Å². The molecule has 1 heterocycles. The fraction of sp³-hybridized carbons (Fsp3) is 0.267. The molecule has 8 nitrogen and oxygen atoms in total. The first kappa shape index (κ1) is 28.0. The lowest BCUT2D eigenvalue weighted by Gasteiger charge is -2.31. The van der Waals surface area contributed by atoms with Gasteiger partial charge in [0.15, 0.2) is 6.04 Å². The maximum Gasteiger partial charge on any atom is 0.334 e. The van der Waals surface area contributed by atoms with Crippen LogP contribution in [0.15, 0.2) is 77.6 Å². The third-order valence-corrected chi connectivity index (χ3v) is 6.80. The molecule has 1 unspecified atom stereocenters. The largest absolute Gasteiger partial charge is 0.479 e. The Balaban J connectivity index is 1.94. The number of aliphatic carboxylic acids is 1. The van der Waals surface area contributed by atoms with E-state index in [4.69, 9.17) is 11.6 Å². The van der Waals surface area contributed by atoms with E-state index in [0.29, 0.717) is 28.9 Å². The minimum Gasteiger partial charge on any atom is -0.479 e. The van der Waals surface area contributed by atoms with E-state index in [9.17, 15) is 19.5 Å². The number of nitrogens with zero attached hydrogens (tertiary/aromatic N) is 4. The summed E-state index contributed by atoms with van der Waals surface area (Å²) >= 11 is 6.21. The number of hydrogen-bond acceptors (Lipinski definition) is 5. The molecule has 0 bridgehead atoms. The molecule has 1 N–H and O–H groups in total. The Bertz CT molecular complexity index is 1550. The molecule has 0 aliphatic heterocycles. The van der Waals surface area contributed by atoms with Gasteiger partial charge in [-0.2, -0.15) is 0 Å². The second-order valence-corrected chi connectivity index (χ2v) is 10.2. The number of carboxylic acid groups (broad SMARTS) is 1. The first-order valence-corrected chi connectivity index (χ1v) is 13.0. The van der Waals surface area contributed by atoms with Gasteiger partial charge < -0.3 is 14.9 Å². The zero-order chi connectivity index (χ0) is 28.1. The van der Waals surface area contributed by atoms with Crippen LogP contribution in [-0.2, 0) is 11.3 Å². The third kappa shape index (κ3) is 6.35. The van der Waals surface area contributed by atoms with E-state index in [1.807, 2.05) is 68.4 Å². The molecule has 0 aliphatic carbocycles. The predicted molar refractivity (Wildman–Crippen MR) is 152 cm³/mol. The average molecular weight is 547 g/mol. The number of rotatable bonds is 10. The summed E-state index contributed by atoms with van der Waals surface area (Å²) in [5, 5.41) is 11.3. The van der Waals surface area contributed by atoms with Crippen molar-refractivity contribution in [1.29, 1.82) is 0 Å². The number of aromatic nitrogens is 2. The van der Waals surface area contributed by atoms with E-state index >= 15 is 0 Å². The van der Waals surface area contributed by atoms with Crippen molar-refractivity contribution in [2.45, 2.75) is 25.9 Å². The van der Waals surface area contributed by atoms with Gasteiger partial charge in [0.1, 0.15) is 5.82 Å². The van der Waals surface area contributed by atoms with Gasteiger partial charge in [-0.25, -0.2) is 9.78 Å². The van der Waals surface area contributed by atoms with Gasteiger partial charge in [0.2, 0.25) is 0 Å². The van der Waals surface area contributed by atoms with Crippen LogP contribution in [0.4, 0.5) is 0 Å². The van der Waals surface area contributed by atoms with Crippen molar-refractivity contribution < 1.29 is 14.7 Å². The number of hydrogen-bond donors (Lipinski definition) is 1. The average Bonchev–Trinajstić information content (AvgIpc) is 2.90. The highest BCUT2D eigenvalue weighted by Crippen LogP contribution is 2.26. The number of benzene rings is 3. The number of aryl methyl sites for hydroxylation is 1. The fourth-order valence-electron chi connectivity index (χ4n) is 4.59. The molecule has 0 fully saturated rings. The maximum atomic E-state index is 13.9. The lowest BCUT2D eigenvalue weighted by molar-refractivity contribution is -0.143. The second-order valence-electron chi connectivity index (χ2n) is 9.72. The van der Waals surface area contributed by atoms with Crippen molar-refractivity contribution in [3.8, 4) is 0 Å². The summed E-state index contributed by atoms with van der Waals surface area (Å²) < 4.78 is 1.36. The van der Waals surface area contributed by atoms with Crippen LogP contribution in [0.25, 0.3) is 10.9 Å². The van der Waals surface area contributed by atoms with Crippen molar-refractivity contribution >= 4 is 34.4 Å². The smallest absolute Gasteiger partial charge is 0.334 e. The molecule has 3 aromatic carbocycles. The van der Waals surface area contributed by atoms with Gasteiger partial charge in [-0.15, -0.1) is 0 Å². The molecule has 0 radical (unpaired) electrons. The third-order valence-electron chi connectivity index (χ3n) is 6.56. The Hall–Kier alpha value is -4.01. The molecule has 1 aromatic heterocycles. The fourth-order valence-corrected chi connectivity index (χ4v) is 4.76. The Morgan fingerprint density at radius 1 is 1.00 bits per heavy atom. The van der Waals surface area contributed by atoms with Gasteiger partial charge in [0.25, 0.3) is 11.5 Å². The number of amides is 1. The summed E-state index contributed by atoms with van der Waals surface area (Å²) in [6, 6.07) is 19.5. The maximum absolute atomic E-state index is 13.9. The van der Waals surface area contributed by atoms with E-state index in [0.717, 1.165) is 11.1 Å². The quantitative estimate of drug-likeness (QED) is 0.312. The lowest BCUT2D eigenvalue weighted by Crippen LogP contribution is -2.44. The molecule has 4 rings (SSSR count). The van der Waals surface area contributed by atoms with Crippen molar-refractivity contribution in [3.63, 3.8) is 0 Å². The van der Waals surface area contributed by atoms with Crippen LogP contribution in [0, 0.1) is 6.92 Å². The molecule has 4 aromatic rings. The van der Waals surface area contributed by atoms with Gasteiger partial charge in [-0.05, 0) is 69.4 Å². The van der Waals surface area contributed by atoms with E-state index in [-0.39, 0.29) is 24.4 Å². The first-order chi connectivity index (χ1) is 18.7. The Morgan fingerprint density at radius 2 is 1.69 bits per heavy atom. The van der Waals surface area contributed by atoms with E-state index < -0.39 is 23.5 Å². The van der Waals surface area contributed by atoms with E-state index in [1.165, 1.54) is 15.5 Å². The number of carboxylic acids is 1.